The largest absolute Gasteiger partial charge is 0.445 e. The molecule has 0 aliphatic carbocycles. The highest BCUT2D eigenvalue weighted by Gasteiger charge is 2.53. The van der Waals surface area contributed by atoms with Gasteiger partial charge in [-0.1, -0.05) is 44.2 Å². The molecule has 4 amide bonds. The van der Waals surface area contributed by atoms with E-state index in [0.29, 0.717) is 18.4 Å². The molecule has 12 heteroatoms. The third kappa shape index (κ3) is 7.54. The minimum Gasteiger partial charge on any atom is -0.445 e. The van der Waals surface area contributed by atoms with Crippen molar-refractivity contribution < 1.29 is 33.8 Å². The number of carbonyl (C=O) groups excluding carboxylic acids is 5. The highest BCUT2D eigenvalue weighted by molar-refractivity contribution is 6.01. The summed E-state index contributed by atoms with van der Waals surface area (Å²) in [6.07, 6.45) is -0.166. The predicted molar refractivity (Wildman–Crippen MR) is 163 cm³/mol. The summed E-state index contributed by atoms with van der Waals surface area (Å²) < 4.78 is 5.18. The highest BCUT2D eigenvalue weighted by Crippen LogP contribution is 2.31. The number of fused-ring (bicyclic) bond motifs is 1. The number of amides is 4. The number of Topliss-reactive ketones (excluding diaryl/α,β-unsaturated/α-hetero) is 1. The van der Waals surface area contributed by atoms with Crippen LogP contribution in [0.5, 0.6) is 0 Å². The molecule has 2 fully saturated rings. The lowest BCUT2D eigenvalue weighted by atomic mass is 10.0. The number of nitrogens with one attached hydrogen (secondary N) is 2. The first-order chi connectivity index (χ1) is 21.0. The molecule has 2 aliphatic rings. The van der Waals surface area contributed by atoms with E-state index in [1.807, 2.05) is 51.0 Å². The molecule has 2 aromatic rings. The SMILES string of the molecule is CC(C)CC(NC(=O)c1ccc(N(C)C)cc1)C(=O)N1CCC2C1C(=O)CN2C(=O)C(CO)NC(=O)OCc1ccccc1. The number of ether oxygens (including phenoxy) is 1. The second-order valence-electron chi connectivity index (χ2n) is 11.8. The number of alkyl carbamates (subject to hydrolysis) is 1. The molecule has 0 radical (unpaired) electrons. The summed E-state index contributed by atoms with van der Waals surface area (Å²) >= 11 is 0. The van der Waals surface area contributed by atoms with Gasteiger partial charge in [-0.3, -0.25) is 19.2 Å². The number of benzene rings is 2. The molecule has 4 rings (SSSR count). The number of rotatable bonds is 11. The Morgan fingerprint density at radius 3 is 2.23 bits per heavy atom. The van der Waals surface area contributed by atoms with E-state index in [1.165, 1.54) is 9.80 Å². The van der Waals surface area contributed by atoms with Crippen LogP contribution < -0.4 is 15.5 Å². The van der Waals surface area contributed by atoms with Crippen LogP contribution in [-0.4, -0.2) is 102 Å². The summed E-state index contributed by atoms with van der Waals surface area (Å²) in [5, 5.41) is 15.2. The van der Waals surface area contributed by atoms with Gasteiger partial charge in [-0.2, -0.15) is 0 Å². The lowest BCUT2D eigenvalue weighted by Crippen LogP contribution is -2.54. The topological polar surface area (TPSA) is 149 Å². The number of likely N-dealkylation sites (tertiary alicyclic amines) is 2. The van der Waals surface area contributed by atoms with E-state index in [-0.39, 0.29) is 37.3 Å². The summed E-state index contributed by atoms with van der Waals surface area (Å²) in [4.78, 5) is 70.6. The number of hydrogen-bond donors (Lipinski definition) is 3. The normalized spacial score (nSPS) is 18.9. The van der Waals surface area contributed by atoms with Gasteiger partial charge < -0.3 is 35.2 Å². The Bertz CT molecular complexity index is 1350. The number of ketones is 1. The van der Waals surface area contributed by atoms with Gasteiger partial charge in [0.15, 0.2) is 5.78 Å². The van der Waals surface area contributed by atoms with Crippen LogP contribution in [0.25, 0.3) is 0 Å². The van der Waals surface area contributed by atoms with Crippen LogP contribution in [0.1, 0.15) is 42.6 Å². The summed E-state index contributed by atoms with van der Waals surface area (Å²) in [5.74, 6) is -1.64. The van der Waals surface area contributed by atoms with Crippen molar-refractivity contribution in [1.29, 1.82) is 0 Å². The molecule has 0 saturated carbocycles. The number of nitrogens with zero attached hydrogens (tertiary/aromatic N) is 3. The molecule has 2 heterocycles. The minimum atomic E-state index is -1.32. The van der Waals surface area contributed by atoms with E-state index in [2.05, 4.69) is 10.6 Å². The van der Waals surface area contributed by atoms with Crippen molar-refractivity contribution in [2.45, 2.75) is 57.5 Å². The van der Waals surface area contributed by atoms with Gasteiger partial charge in [0.2, 0.25) is 11.8 Å². The van der Waals surface area contributed by atoms with Crippen LogP contribution in [0.3, 0.4) is 0 Å². The quantitative estimate of drug-likeness (QED) is 0.349. The Balaban J connectivity index is 1.41. The van der Waals surface area contributed by atoms with Gasteiger partial charge in [0.1, 0.15) is 24.7 Å². The molecule has 0 aromatic heterocycles. The summed E-state index contributed by atoms with van der Waals surface area (Å²) in [7, 11) is 3.80. The van der Waals surface area contributed by atoms with Crippen molar-refractivity contribution in [2.75, 3.05) is 38.7 Å². The first kappa shape index (κ1) is 32.5. The van der Waals surface area contributed by atoms with Gasteiger partial charge in [-0.15, -0.1) is 0 Å². The van der Waals surface area contributed by atoms with Crippen LogP contribution in [0.15, 0.2) is 54.6 Å². The third-order valence-electron chi connectivity index (χ3n) is 7.93. The predicted octanol–water partition coefficient (Wildman–Crippen LogP) is 1.57. The van der Waals surface area contributed by atoms with E-state index in [0.717, 1.165) is 11.3 Å². The van der Waals surface area contributed by atoms with Gasteiger partial charge in [0.05, 0.1) is 19.2 Å². The summed E-state index contributed by atoms with van der Waals surface area (Å²) in [5.41, 5.74) is 2.10. The Morgan fingerprint density at radius 1 is 0.955 bits per heavy atom. The molecule has 2 aliphatic heterocycles. The molecule has 4 atom stereocenters. The average molecular weight is 608 g/mol. The number of anilines is 1. The molecule has 4 unspecified atom stereocenters. The monoisotopic (exact) mass is 607 g/mol. The smallest absolute Gasteiger partial charge is 0.408 e. The fourth-order valence-electron chi connectivity index (χ4n) is 5.70. The van der Waals surface area contributed by atoms with E-state index >= 15 is 0 Å². The van der Waals surface area contributed by atoms with Gasteiger partial charge in [0, 0.05) is 31.9 Å². The van der Waals surface area contributed by atoms with E-state index in [9.17, 15) is 29.1 Å². The summed E-state index contributed by atoms with van der Waals surface area (Å²) in [6, 6.07) is 12.4. The molecular weight excluding hydrogens is 566 g/mol. The molecule has 0 spiro atoms. The molecule has 2 saturated heterocycles. The molecule has 0 bridgehead atoms. The molecular formula is C32H41N5O7. The lowest BCUT2D eigenvalue weighted by Gasteiger charge is -2.29. The number of aliphatic hydroxyl groups excluding tert-OH is 1. The molecule has 2 aromatic carbocycles. The van der Waals surface area contributed by atoms with Crippen LogP contribution in [0, 0.1) is 5.92 Å². The fraction of sp³-hybridized carbons (Fsp3) is 0.469. The van der Waals surface area contributed by atoms with E-state index < -0.39 is 48.7 Å². The zero-order chi connectivity index (χ0) is 32.0. The van der Waals surface area contributed by atoms with E-state index in [1.54, 1.807) is 36.4 Å². The van der Waals surface area contributed by atoms with Gasteiger partial charge >= 0.3 is 6.09 Å². The van der Waals surface area contributed by atoms with Crippen LogP contribution in [-0.2, 0) is 25.7 Å². The zero-order valence-corrected chi connectivity index (χ0v) is 25.6. The van der Waals surface area contributed by atoms with Crippen molar-refractivity contribution in [3.8, 4) is 0 Å². The molecule has 44 heavy (non-hydrogen) atoms. The van der Waals surface area contributed by atoms with Crippen LogP contribution in [0.4, 0.5) is 10.5 Å². The first-order valence-electron chi connectivity index (χ1n) is 14.8. The van der Waals surface area contributed by atoms with E-state index in [4.69, 9.17) is 4.74 Å². The molecule has 236 valence electrons. The van der Waals surface area contributed by atoms with Crippen molar-refractivity contribution in [1.82, 2.24) is 20.4 Å². The second-order valence-corrected chi connectivity index (χ2v) is 11.8. The second kappa shape index (κ2) is 14.3. The number of carbonyl (C=O) groups is 5. The number of aliphatic hydroxyl groups is 1. The van der Waals surface area contributed by atoms with Gasteiger partial charge in [-0.25, -0.2) is 4.79 Å². The van der Waals surface area contributed by atoms with Gasteiger partial charge in [-0.05, 0) is 48.6 Å². The fourth-order valence-corrected chi connectivity index (χ4v) is 5.70. The van der Waals surface area contributed by atoms with Crippen molar-refractivity contribution >= 4 is 35.3 Å². The Morgan fingerprint density at radius 2 is 1.61 bits per heavy atom. The highest BCUT2D eigenvalue weighted by atomic mass is 16.5. The molecule has 12 nitrogen and oxygen atoms in total. The Hall–Kier alpha value is -4.45. The lowest BCUT2D eigenvalue weighted by molar-refractivity contribution is -0.138. The maximum atomic E-state index is 13.8. The Labute approximate surface area is 257 Å². The van der Waals surface area contributed by atoms with Crippen molar-refractivity contribution in [3.05, 3.63) is 65.7 Å². The minimum absolute atomic E-state index is 0.0154. The maximum absolute atomic E-state index is 13.8. The third-order valence-corrected chi connectivity index (χ3v) is 7.93. The zero-order valence-electron chi connectivity index (χ0n) is 25.6. The first-order valence-corrected chi connectivity index (χ1v) is 14.8. The van der Waals surface area contributed by atoms with Crippen LogP contribution >= 0.6 is 0 Å². The summed E-state index contributed by atoms with van der Waals surface area (Å²) in [6.45, 7) is 3.15. The van der Waals surface area contributed by atoms with Crippen molar-refractivity contribution in [2.24, 2.45) is 5.92 Å². The van der Waals surface area contributed by atoms with Crippen molar-refractivity contribution in [3.63, 3.8) is 0 Å². The Kier molecular flexibility index (Phi) is 10.6. The van der Waals surface area contributed by atoms with Gasteiger partial charge in [0.25, 0.3) is 5.91 Å². The standard InChI is InChI=1S/C32H41N5O7/c1-20(2)16-24(33-29(40)22-10-12-23(13-11-22)35(3)4)30(41)36-15-14-26-28(36)27(39)17-37(26)31(42)25(18-38)34-32(43)44-19-21-8-6-5-7-9-21/h5-13,20,24-26,28,38H,14-19H2,1-4H3,(H,33,40)(H,34,43). The number of hydrogen-bond acceptors (Lipinski definition) is 8. The van der Waals surface area contributed by atoms with Crippen LogP contribution in [0.2, 0.25) is 0 Å². The average Bonchev–Trinajstić information content (AvgIpc) is 3.59. The molecule has 3 N–H and O–H groups in total. The maximum Gasteiger partial charge on any atom is 0.408 e.